The van der Waals surface area contributed by atoms with Gasteiger partial charge in [-0.3, -0.25) is 4.79 Å². The van der Waals surface area contributed by atoms with Gasteiger partial charge in [0.1, 0.15) is 0 Å². The van der Waals surface area contributed by atoms with Crippen molar-refractivity contribution in [3.63, 3.8) is 0 Å². The molecule has 1 heterocycles. The first-order valence-corrected chi connectivity index (χ1v) is 7.98. The number of benzene rings is 2. The van der Waals surface area contributed by atoms with Gasteiger partial charge in [-0.05, 0) is 63.6 Å². The molecule has 1 aromatic heterocycles. The maximum Gasteiger partial charge on any atom is 0.255 e. The second-order valence-electron chi connectivity index (χ2n) is 6.01. The van der Waals surface area contributed by atoms with E-state index in [-0.39, 0.29) is 5.91 Å². The lowest BCUT2D eigenvalue weighted by molar-refractivity contribution is 0.102. The third kappa shape index (κ3) is 2.74. The van der Waals surface area contributed by atoms with Crippen LogP contribution in [0.25, 0.3) is 10.9 Å². The fourth-order valence-electron chi connectivity index (χ4n) is 3.04. The summed E-state index contributed by atoms with van der Waals surface area (Å²) in [5, 5.41) is 4.11. The average Bonchev–Trinajstić information content (AvgIpc) is 2.80. The molecule has 3 heteroatoms. The number of anilines is 1. The molecule has 118 valence electrons. The first-order valence-electron chi connectivity index (χ1n) is 7.98. The molecule has 23 heavy (non-hydrogen) atoms. The van der Waals surface area contributed by atoms with E-state index >= 15 is 0 Å². The Morgan fingerprint density at radius 3 is 2.39 bits per heavy atom. The van der Waals surface area contributed by atoms with Crippen LogP contribution in [0.2, 0.25) is 0 Å². The molecule has 3 rings (SSSR count). The molecule has 0 fully saturated rings. The van der Waals surface area contributed by atoms with Gasteiger partial charge >= 0.3 is 0 Å². The monoisotopic (exact) mass is 306 g/mol. The van der Waals surface area contributed by atoms with E-state index < -0.39 is 0 Å². The molecular weight excluding hydrogens is 284 g/mol. The van der Waals surface area contributed by atoms with E-state index in [4.69, 9.17) is 0 Å². The zero-order valence-corrected chi connectivity index (χ0v) is 14.1. The number of hydrogen-bond donors (Lipinski definition) is 1. The van der Waals surface area contributed by atoms with E-state index in [9.17, 15) is 4.79 Å². The van der Waals surface area contributed by atoms with Crippen molar-refractivity contribution in [1.29, 1.82) is 0 Å². The summed E-state index contributed by atoms with van der Waals surface area (Å²) in [6.45, 7) is 9.36. The van der Waals surface area contributed by atoms with Crippen molar-refractivity contribution in [3.05, 3.63) is 64.8 Å². The summed E-state index contributed by atoms with van der Waals surface area (Å²) in [5.74, 6) is -0.0722. The number of nitrogens with one attached hydrogen (secondary N) is 1. The quantitative estimate of drug-likeness (QED) is 0.738. The zero-order valence-electron chi connectivity index (χ0n) is 14.1. The molecule has 0 unspecified atom stereocenters. The van der Waals surface area contributed by atoms with Crippen LogP contribution in [0.15, 0.2) is 42.5 Å². The maximum absolute atomic E-state index is 12.5. The lowest BCUT2D eigenvalue weighted by atomic mass is 10.1. The predicted octanol–water partition coefficient (Wildman–Crippen LogP) is 4.84. The number of carbonyl (C=O) groups excluding carboxylic acids is 1. The molecule has 1 N–H and O–H groups in total. The number of nitrogens with zero attached hydrogens (tertiary/aromatic N) is 1. The van der Waals surface area contributed by atoms with E-state index in [1.165, 1.54) is 22.3 Å². The highest BCUT2D eigenvalue weighted by Crippen LogP contribution is 2.26. The van der Waals surface area contributed by atoms with Crippen molar-refractivity contribution in [2.75, 3.05) is 5.32 Å². The van der Waals surface area contributed by atoms with Gasteiger partial charge in [-0.25, -0.2) is 0 Å². The number of aryl methyl sites for hydroxylation is 3. The highest BCUT2D eigenvalue weighted by molar-refractivity contribution is 6.06. The van der Waals surface area contributed by atoms with Gasteiger partial charge in [-0.1, -0.05) is 17.7 Å². The summed E-state index contributed by atoms with van der Waals surface area (Å²) >= 11 is 0. The molecule has 3 nitrogen and oxygen atoms in total. The van der Waals surface area contributed by atoms with Crippen LogP contribution < -0.4 is 5.32 Å². The number of amides is 1. The topological polar surface area (TPSA) is 34.0 Å². The van der Waals surface area contributed by atoms with Crippen LogP contribution in [0.5, 0.6) is 0 Å². The van der Waals surface area contributed by atoms with Crippen molar-refractivity contribution in [3.8, 4) is 0 Å². The molecule has 0 aliphatic heterocycles. The molecule has 0 radical (unpaired) electrons. The summed E-state index contributed by atoms with van der Waals surface area (Å²) in [5.41, 5.74) is 6.38. The number of fused-ring (bicyclic) bond motifs is 1. The minimum atomic E-state index is -0.0722. The number of aromatic nitrogens is 1. The Morgan fingerprint density at radius 1 is 1.04 bits per heavy atom. The number of rotatable bonds is 3. The largest absolute Gasteiger partial charge is 0.345 e. The van der Waals surface area contributed by atoms with Crippen LogP contribution in [0, 0.1) is 20.8 Å². The van der Waals surface area contributed by atoms with Crippen molar-refractivity contribution in [1.82, 2.24) is 4.57 Å². The van der Waals surface area contributed by atoms with Crippen LogP contribution in [0.4, 0.5) is 5.69 Å². The molecule has 0 spiro atoms. The Labute approximate surface area is 136 Å². The van der Waals surface area contributed by atoms with Gasteiger partial charge < -0.3 is 9.88 Å². The fraction of sp³-hybridized carbons (Fsp3) is 0.250. The SMILES string of the molecule is CCn1c(C)c(C)c2cc(C(=O)Nc3ccc(C)cc3)ccc21. The lowest BCUT2D eigenvalue weighted by Crippen LogP contribution is -2.11. The van der Waals surface area contributed by atoms with Gasteiger partial charge in [0.15, 0.2) is 0 Å². The second kappa shape index (κ2) is 5.92. The summed E-state index contributed by atoms with van der Waals surface area (Å²) in [6.07, 6.45) is 0. The van der Waals surface area contributed by atoms with Gasteiger partial charge in [0.2, 0.25) is 0 Å². The first-order chi connectivity index (χ1) is 11.0. The third-order valence-electron chi connectivity index (χ3n) is 4.53. The molecule has 0 aliphatic rings. The van der Waals surface area contributed by atoms with Crippen LogP contribution >= 0.6 is 0 Å². The highest BCUT2D eigenvalue weighted by atomic mass is 16.1. The van der Waals surface area contributed by atoms with Crippen molar-refractivity contribution in [2.24, 2.45) is 0 Å². The molecule has 0 saturated carbocycles. The first kappa shape index (κ1) is 15.3. The lowest BCUT2D eigenvalue weighted by Gasteiger charge is -2.07. The summed E-state index contributed by atoms with van der Waals surface area (Å²) in [7, 11) is 0. The van der Waals surface area contributed by atoms with Crippen LogP contribution in [0.1, 0.15) is 34.1 Å². The fourth-order valence-corrected chi connectivity index (χ4v) is 3.04. The maximum atomic E-state index is 12.5. The van der Waals surface area contributed by atoms with Gasteiger partial charge in [-0.2, -0.15) is 0 Å². The Bertz CT molecular complexity index is 873. The van der Waals surface area contributed by atoms with Crippen LogP contribution in [0.3, 0.4) is 0 Å². The van der Waals surface area contributed by atoms with E-state index in [1.54, 1.807) is 0 Å². The van der Waals surface area contributed by atoms with Crippen molar-refractivity contribution in [2.45, 2.75) is 34.2 Å². The van der Waals surface area contributed by atoms with E-state index in [2.05, 4.69) is 30.7 Å². The third-order valence-corrected chi connectivity index (χ3v) is 4.53. The normalized spacial score (nSPS) is 11.0. The highest BCUT2D eigenvalue weighted by Gasteiger charge is 2.13. The average molecular weight is 306 g/mol. The van der Waals surface area contributed by atoms with Gasteiger partial charge in [0.05, 0.1) is 0 Å². The Kier molecular flexibility index (Phi) is 3.95. The summed E-state index contributed by atoms with van der Waals surface area (Å²) in [6, 6.07) is 13.8. The van der Waals surface area contributed by atoms with Gasteiger partial charge in [0.25, 0.3) is 5.91 Å². The molecule has 1 amide bonds. The van der Waals surface area contributed by atoms with E-state index in [1.807, 2.05) is 49.4 Å². The molecular formula is C20H22N2O. The van der Waals surface area contributed by atoms with Crippen LogP contribution in [-0.4, -0.2) is 10.5 Å². The van der Waals surface area contributed by atoms with Crippen molar-refractivity contribution < 1.29 is 4.79 Å². The molecule has 3 aromatic rings. The zero-order chi connectivity index (χ0) is 16.6. The van der Waals surface area contributed by atoms with Gasteiger partial charge in [-0.15, -0.1) is 0 Å². The molecule has 0 bridgehead atoms. The molecule has 2 aromatic carbocycles. The number of hydrogen-bond acceptors (Lipinski definition) is 1. The minimum absolute atomic E-state index is 0.0722. The summed E-state index contributed by atoms with van der Waals surface area (Å²) in [4.78, 5) is 12.5. The van der Waals surface area contributed by atoms with E-state index in [0.29, 0.717) is 5.56 Å². The van der Waals surface area contributed by atoms with E-state index in [0.717, 1.165) is 17.6 Å². The second-order valence-corrected chi connectivity index (χ2v) is 6.01. The molecule has 0 atom stereocenters. The number of carbonyl (C=O) groups is 1. The molecule has 0 aliphatic carbocycles. The minimum Gasteiger partial charge on any atom is -0.345 e. The van der Waals surface area contributed by atoms with Crippen LogP contribution in [-0.2, 0) is 6.54 Å². The Balaban J connectivity index is 1.95. The van der Waals surface area contributed by atoms with Gasteiger partial charge in [0, 0.05) is 34.4 Å². The Morgan fingerprint density at radius 2 is 1.74 bits per heavy atom. The molecule has 0 saturated heterocycles. The van der Waals surface area contributed by atoms with Crippen molar-refractivity contribution >= 4 is 22.5 Å². The smallest absolute Gasteiger partial charge is 0.255 e. The standard InChI is InChI=1S/C20H22N2O/c1-5-22-15(4)14(3)18-12-16(8-11-19(18)22)20(23)21-17-9-6-13(2)7-10-17/h6-12H,5H2,1-4H3,(H,21,23). The Hall–Kier alpha value is -2.55. The predicted molar refractivity (Wildman–Crippen MR) is 96.2 cm³/mol. The summed E-state index contributed by atoms with van der Waals surface area (Å²) < 4.78 is 2.28.